The highest BCUT2D eigenvalue weighted by atomic mass is 16.7. The minimum atomic E-state index is -0.886. The molecule has 6 nitrogen and oxygen atoms in total. The molecule has 0 bridgehead atoms. The topological polar surface area (TPSA) is 72.5 Å². The molecule has 0 saturated carbocycles. The lowest BCUT2D eigenvalue weighted by Crippen LogP contribution is -2.43. The van der Waals surface area contributed by atoms with E-state index in [9.17, 15) is 4.79 Å². The molecule has 6 heteroatoms. The summed E-state index contributed by atoms with van der Waals surface area (Å²) < 4.78 is 11.9. The van der Waals surface area contributed by atoms with E-state index < -0.39 is 5.79 Å². The third-order valence-electron chi connectivity index (χ3n) is 3.19. The van der Waals surface area contributed by atoms with Gasteiger partial charge in [0.25, 0.3) is 0 Å². The SMILES string of the molecule is CCOC(CNCCC=O)(OCC)c1ccnc(NC(C)C)c1. The number of rotatable bonds is 12. The minimum absolute atomic E-state index is 0.289. The molecule has 1 aromatic heterocycles. The fraction of sp³-hybridized carbons (Fsp3) is 0.647. The molecule has 0 aliphatic rings. The summed E-state index contributed by atoms with van der Waals surface area (Å²) in [7, 11) is 0. The van der Waals surface area contributed by atoms with Crippen LogP contribution in [0.2, 0.25) is 0 Å². The van der Waals surface area contributed by atoms with Crippen molar-refractivity contribution in [2.45, 2.75) is 45.9 Å². The van der Waals surface area contributed by atoms with Crippen molar-refractivity contribution in [1.29, 1.82) is 0 Å². The van der Waals surface area contributed by atoms with Gasteiger partial charge in [0.1, 0.15) is 12.1 Å². The molecule has 0 saturated heterocycles. The number of aldehydes is 1. The Balaban J connectivity index is 3.02. The first kappa shape index (κ1) is 19.5. The van der Waals surface area contributed by atoms with E-state index in [4.69, 9.17) is 9.47 Å². The number of nitrogens with one attached hydrogen (secondary N) is 2. The monoisotopic (exact) mass is 323 g/mol. The zero-order valence-electron chi connectivity index (χ0n) is 14.6. The van der Waals surface area contributed by atoms with Crippen LogP contribution >= 0.6 is 0 Å². The first-order chi connectivity index (χ1) is 11.1. The summed E-state index contributed by atoms with van der Waals surface area (Å²) in [4.78, 5) is 14.8. The molecular weight excluding hydrogens is 294 g/mol. The van der Waals surface area contributed by atoms with Crippen molar-refractivity contribution in [2.75, 3.05) is 31.6 Å². The maximum atomic E-state index is 10.5. The van der Waals surface area contributed by atoms with Gasteiger partial charge < -0.3 is 24.9 Å². The summed E-state index contributed by atoms with van der Waals surface area (Å²) in [6.45, 7) is 10.1. The third kappa shape index (κ3) is 6.25. The molecule has 0 radical (unpaired) electrons. The number of hydrogen-bond donors (Lipinski definition) is 2. The number of aromatic nitrogens is 1. The normalized spacial score (nSPS) is 11.7. The van der Waals surface area contributed by atoms with Gasteiger partial charge in [-0.3, -0.25) is 0 Å². The molecule has 23 heavy (non-hydrogen) atoms. The van der Waals surface area contributed by atoms with E-state index in [-0.39, 0.29) is 6.04 Å². The van der Waals surface area contributed by atoms with Crippen LogP contribution < -0.4 is 10.6 Å². The van der Waals surface area contributed by atoms with Crippen LogP contribution in [0.3, 0.4) is 0 Å². The first-order valence-corrected chi connectivity index (χ1v) is 8.23. The van der Waals surface area contributed by atoms with Gasteiger partial charge in [0.05, 0.1) is 6.54 Å². The van der Waals surface area contributed by atoms with E-state index in [1.54, 1.807) is 6.20 Å². The van der Waals surface area contributed by atoms with Gasteiger partial charge in [-0.05, 0) is 39.8 Å². The van der Waals surface area contributed by atoms with Gasteiger partial charge in [0, 0.05) is 44.0 Å². The molecule has 0 aliphatic carbocycles. The smallest absolute Gasteiger partial charge is 0.207 e. The Morgan fingerprint density at radius 1 is 1.30 bits per heavy atom. The van der Waals surface area contributed by atoms with Crippen LogP contribution in [0.4, 0.5) is 5.82 Å². The largest absolute Gasteiger partial charge is 0.368 e. The molecule has 2 N–H and O–H groups in total. The number of pyridine rings is 1. The maximum absolute atomic E-state index is 10.5. The van der Waals surface area contributed by atoms with Gasteiger partial charge in [-0.1, -0.05) is 0 Å². The van der Waals surface area contributed by atoms with Crippen LogP contribution in [0.1, 0.15) is 39.7 Å². The van der Waals surface area contributed by atoms with E-state index in [1.807, 2.05) is 26.0 Å². The Labute approximate surface area is 139 Å². The lowest BCUT2D eigenvalue weighted by Gasteiger charge is -2.34. The van der Waals surface area contributed by atoms with Crippen molar-refractivity contribution in [3.63, 3.8) is 0 Å². The second-order valence-corrected chi connectivity index (χ2v) is 5.48. The van der Waals surface area contributed by atoms with Gasteiger partial charge in [0.2, 0.25) is 5.79 Å². The summed E-state index contributed by atoms with van der Waals surface area (Å²) >= 11 is 0. The summed E-state index contributed by atoms with van der Waals surface area (Å²) in [6.07, 6.45) is 3.11. The molecule has 0 aromatic carbocycles. The van der Waals surface area contributed by atoms with Crippen molar-refractivity contribution in [2.24, 2.45) is 0 Å². The number of hydrogen-bond acceptors (Lipinski definition) is 6. The average Bonchev–Trinajstić information content (AvgIpc) is 2.51. The van der Waals surface area contributed by atoms with Gasteiger partial charge in [-0.2, -0.15) is 0 Å². The number of carbonyl (C=O) groups excluding carboxylic acids is 1. The van der Waals surface area contributed by atoms with Crippen molar-refractivity contribution in [3.05, 3.63) is 23.9 Å². The predicted octanol–water partition coefficient (Wildman–Crippen LogP) is 2.31. The molecule has 0 aliphatic heterocycles. The number of anilines is 1. The van der Waals surface area contributed by atoms with Gasteiger partial charge in [-0.25, -0.2) is 4.98 Å². The lowest BCUT2D eigenvalue weighted by molar-refractivity contribution is -0.239. The molecular formula is C17H29N3O3. The molecule has 0 amide bonds. The summed E-state index contributed by atoms with van der Waals surface area (Å²) in [5.74, 6) is -0.0999. The van der Waals surface area contributed by atoms with Gasteiger partial charge in [0.15, 0.2) is 0 Å². The Kier molecular flexibility index (Phi) is 8.76. The van der Waals surface area contributed by atoms with E-state index >= 15 is 0 Å². The van der Waals surface area contributed by atoms with Crippen LogP contribution in [0.25, 0.3) is 0 Å². The zero-order chi connectivity index (χ0) is 17.1. The standard InChI is InChI=1S/C17H29N3O3/c1-5-22-17(23-6-2,13-18-9-7-11-21)15-8-10-19-16(12-15)20-14(3)4/h8,10-12,14,18H,5-7,9,13H2,1-4H3,(H,19,20). The van der Waals surface area contributed by atoms with Crippen molar-refractivity contribution < 1.29 is 14.3 Å². The number of carbonyl (C=O) groups is 1. The molecule has 0 atom stereocenters. The fourth-order valence-corrected chi connectivity index (χ4v) is 2.33. The minimum Gasteiger partial charge on any atom is -0.368 e. The average molecular weight is 323 g/mol. The van der Waals surface area contributed by atoms with Crippen LogP contribution in [0.15, 0.2) is 18.3 Å². The van der Waals surface area contributed by atoms with E-state index in [2.05, 4.69) is 29.5 Å². The lowest BCUT2D eigenvalue weighted by atomic mass is 10.1. The summed E-state index contributed by atoms with van der Waals surface area (Å²) in [6, 6.07) is 4.14. The summed E-state index contributed by atoms with van der Waals surface area (Å²) in [5.41, 5.74) is 0.901. The number of ether oxygens (including phenoxy) is 2. The molecule has 0 unspecified atom stereocenters. The Bertz CT molecular complexity index is 460. The molecule has 0 spiro atoms. The molecule has 1 aromatic rings. The fourth-order valence-electron chi connectivity index (χ4n) is 2.33. The molecule has 0 fully saturated rings. The quantitative estimate of drug-likeness (QED) is 0.349. The number of nitrogens with zero attached hydrogens (tertiary/aromatic N) is 1. The van der Waals surface area contributed by atoms with E-state index in [1.165, 1.54) is 0 Å². The van der Waals surface area contributed by atoms with E-state index in [0.717, 1.165) is 17.7 Å². The van der Waals surface area contributed by atoms with E-state index in [0.29, 0.717) is 32.7 Å². The van der Waals surface area contributed by atoms with Crippen LogP contribution in [-0.4, -0.2) is 43.6 Å². The molecule has 1 heterocycles. The maximum Gasteiger partial charge on any atom is 0.207 e. The highest BCUT2D eigenvalue weighted by Crippen LogP contribution is 2.28. The summed E-state index contributed by atoms with van der Waals surface area (Å²) in [5, 5.41) is 6.52. The highest BCUT2D eigenvalue weighted by molar-refractivity contribution is 5.49. The van der Waals surface area contributed by atoms with Crippen molar-refractivity contribution in [1.82, 2.24) is 10.3 Å². The Morgan fingerprint density at radius 2 is 2.00 bits per heavy atom. The second-order valence-electron chi connectivity index (χ2n) is 5.48. The zero-order valence-corrected chi connectivity index (χ0v) is 14.6. The third-order valence-corrected chi connectivity index (χ3v) is 3.19. The first-order valence-electron chi connectivity index (χ1n) is 8.23. The van der Waals surface area contributed by atoms with Crippen LogP contribution in [-0.2, 0) is 20.1 Å². The van der Waals surface area contributed by atoms with Gasteiger partial charge >= 0.3 is 0 Å². The van der Waals surface area contributed by atoms with Crippen LogP contribution in [0.5, 0.6) is 0 Å². The molecule has 1 rings (SSSR count). The Hall–Kier alpha value is -1.50. The predicted molar refractivity (Wildman–Crippen MR) is 91.5 cm³/mol. The van der Waals surface area contributed by atoms with Crippen molar-refractivity contribution in [3.8, 4) is 0 Å². The van der Waals surface area contributed by atoms with Crippen molar-refractivity contribution >= 4 is 12.1 Å². The molecule has 130 valence electrons. The highest BCUT2D eigenvalue weighted by Gasteiger charge is 2.34. The second kappa shape index (κ2) is 10.3. The van der Waals surface area contributed by atoms with Crippen LogP contribution in [0, 0.1) is 0 Å². The van der Waals surface area contributed by atoms with Gasteiger partial charge in [-0.15, -0.1) is 0 Å². The Morgan fingerprint density at radius 3 is 2.57 bits per heavy atom.